The third-order valence-corrected chi connectivity index (χ3v) is 3.70. The van der Waals surface area contributed by atoms with Crippen molar-refractivity contribution in [2.75, 3.05) is 32.9 Å². The third-order valence-electron chi connectivity index (χ3n) is 3.70. The Hall–Kier alpha value is -0.810. The van der Waals surface area contributed by atoms with Crippen molar-refractivity contribution < 1.29 is 4.39 Å². The van der Waals surface area contributed by atoms with E-state index in [9.17, 15) is 4.39 Å². The number of piperazine rings is 1. The van der Waals surface area contributed by atoms with Crippen LogP contribution in [0.3, 0.4) is 0 Å². The first-order valence-electron chi connectivity index (χ1n) is 6.46. The molecule has 1 fully saturated rings. The number of rotatable bonds is 3. The van der Waals surface area contributed by atoms with Gasteiger partial charge in [-0.3, -0.25) is 4.90 Å². The first kappa shape index (κ1) is 17.2. The fraction of sp³-hybridized carbons (Fsp3) is 0.429. The number of halogens is 3. The fourth-order valence-corrected chi connectivity index (χ4v) is 2.66. The van der Waals surface area contributed by atoms with Gasteiger partial charge in [-0.1, -0.05) is 12.1 Å². The molecule has 1 aromatic carbocycles. The van der Waals surface area contributed by atoms with Crippen molar-refractivity contribution in [2.24, 2.45) is 0 Å². The number of nitrogens with zero attached hydrogens (tertiary/aromatic N) is 1. The lowest BCUT2D eigenvalue weighted by molar-refractivity contribution is 0.147. The second-order valence-corrected chi connectivity index (χ2v) is 4.78. The lowest BCUT2D eigenvalue weighted by Gasteiger charge is -2.33. The van der Waals surface area contributed by atoms with Crippen LogP contribution in [-0.2, 0) is 0 Å². The van der Waals surface area contributed by atoms with Crippen LogP contribution in [0.1, 0.15) is 11.6 Å². The van der Waals surface area contributed by atoms with Gasteiger partial charge < -0.3 is 10.3 Å². The van der Waals surface area contributed by atoms with E-state index < -0.39 is 0 Å². The molecule has 0 spiro atoms. The zero-order valence-electron chi connectivity index (χ0n) is 11.1. The zero-order chi connectivity index (χ0) is 12.4. The molecular formula is C14H20Cl2FN3. The highest BCUT2D eigenvalue weighted by Gasteiger charge is 2.22. The van der Waals surface area contributed by atoms with E-state index in [1.807, 2.05) is 18.3 Å². The van der Waals surface area contributed by atoms with E-state index in [2.05, 4.69) is 27.3 Å². The average Bonchev–Trinajstić information content (AvgIpc) is 2.88. The molecule has 3 nitrogen and oxygen atoms in total. The number of aromatic nitrogens is 1. The van der Waals surface area contributed by atoms with Crippen molar-refractivity contribution in [1.29, 1.82) is 0 Å². The summed E-state index contributed by atoms with van der Waals surface area (Å²) in [6.07, 6.45) is 1.92. The molecule has 0 bridgehead atoms. The number of alkyl halides is 1. The van der Waals surface area contributed by atoms with Crippen LogP contribution < -0.4 is 5.32 Å². The molecule has 1 atom stereocenters. The topological polar surface area (TPSA) is 31.1 Å². The van der Waals surface area contributed by atoms with Crippen LogP contribution in [0.2, 0.25) is 0 Å². The minimum absolute atomic E-state index is 0. The van der Waals surface area contributed by atoms with Crippen LogP contribution >= 0.6 is 24.8 Å². The summed E-state index contributed by atoms with van der Waals surface area (Å²) in [5.41, 5.74) is 2.15. The van der Waals surface area contributed by atoms with Crippen LogP contribution in [0.15, 0.2) is 30.5 Å². The highest BCUT2D eigenvalue weighted by molar-refractivity contribution is 5.85. The molecule has 1 aromatic heterocycles. The van der Waals surface area contributed by atoms with Gasteiger partial charge in [-0.2, -0.15) is 0 Å². The van der Waals surface area contributed by atoms with Gasteiger partial charge in [0.25, 0.3) is 0 Å². The summed E-state index contributed by atoms with van der Waals surface area (Å²) in [6, 6.07) is 8.10. The molecule has 1 aliphatic heterocycles. The lowest BCUT2D eigenvalue weighted by atomic mass is 10.0. The predicted molar refractivity (Wildman–Crippen MR) is 86.0 cm³/mol. The Kier molecular flexibility index (Phi) is 6.76. The van der Waals surface area contributed by atoms with Gasteiger partial charge in [-0.05, 0) is 23.1 Å². The average molecular weight is 320 g/mol. The number of aromatic amines is 1. The minimum Gasteiger partial charge on any atom is -0.361 e. The van der Waals surface area contributed by atoms with Crippen LogP contribution in [-0.4, -0.2) is 42.7 Å². The second-order valence-electron chi connectivity index (χ2n) is 4.78. The molecule has 2 N–H and O–H groups in total. The normalized spacial score (nSPS) is 17.2. The number of H-pyrrole nitrogens is 1. The lowest BCUT2D eigenvalue weighted by Crippen LogP contribution is -2.45. The zero-order valence-corrected chi connectivity index (χ0v) is 12.8. The van der Waals surface area contributed by atoms with E-state index in [-0.39, 0.29) is 37.5 Å². The highest BCUT2D eigenvalue weighted by Crippen LogP contribution is 2.25. The van der Waals surface area contributed by atoms with Crippen LogP contribution in [0, 0.1) is 0 Å². The Morgan fingerprint density at radius 1 is 1.15 bits per heavy atom. The SMILES string of the molecule is Cl.Cl.FC[C@@H](c1ccc2cc[nH]c2c1)N1CCNCC1. The van der Waals surface area contributed by atoms with Gasteiger partial charge in [0.1, 0.15) is 6.67 Å². The quantitative estimate of drug-likeness (QED) is 0.911. The van der Waals surface area contributed by atoms with Crippen LogP contribution in [0.25, 0.3) is 10.9 Å². The van der Waals surface area contributed by atoms with Crippen molar-refractivity contribution >= 4 is 35.7 Å². The Labute approximate surface area is 130 Å². The number of nitrogens with one attached hydrogen (secondary N) is 2. The van der Waals surface area contributed by atoms with E-state index in [1.165, 1.54) is 5.39 Å². The third kappa shape index (κ3) is 3.44. The van der Waals surface area contributed by atoms with Crippen molar-refractivity contribution in [1.82, 2.24) is 15.2 Å². The first-order valence-corrected chi connectivity index (χ1v) is 6.46. The Balaban J connectivity index is 0.000001000. The number of benzene rings is 1. The van der Waals surface area contributed by atoms with Gasteiger partial charge >= 0.3 is 0 Å². The molecule has 0 saturated carbocycles. The Bertz CT molecular complexity index is 526. The molecule has 1 aliphatic rings. The van der Waals surface area contributed by atoms with Gasteiger partial charge in [0.05, 0.1) is 6.04 Å². The standard InChI is InChI=1S/C14H18FN3.2ClH/c15-10-14(18-7-5-16-6-8-18)12-2-1-11-3-4-17-13(11)9-12;;/h1-4,9,14,16-17H,5-8,10H2;2*1H/t14-;;/m0../s1. The van der Waals surface area contributed by atoms with E-state index in [1.54, 1.807) is 0 Å². The van der Waals surface area contributed by atoms with E-state index in [0.29, 0.717) is 0 Å². The summed E-state index contributed by atoms with van der Waals surface area (Å²) in [5.74, 6) is 0. The molecule has 6 heteroatoms. The van der Waals surface area contributed by atoms with Crippen LogP contribution in [0.5, 0.6) is 0 Å². The monoisotopic (exact) mass is 319 g/mol. The summed E-state index contributed by atoms with van der Waals surface area (Å²) < 4.78 is 13.4. The summed E-state index contributed by atoms with van der Waals surface area (Å²) in [4.78, 5) is 5.41. The van der Waals surface area contributed by atoms with Crippen molar-refractivity contribution in [2.45, 2.75) is 6.04 Å². The Morgan fingerprint density at radius 3 is 2.60 bits per heavy atom. The van der Waals surface area contributed by atoms with Crippen LogP contribution in [0.4, 0.5) is 4.39 Å². The summed E-state index contributed by atoms with van der Waals surface area (Å²) in [6.45, 7) is 3.39. The van der Waals surface area contributed by atoms with Gasteiger partial charge in [0, 0.05) is 37.9 Å². The van der Waals surface area contributed by atoms with Crippen molar-refractivity contribution in [3.05, 3.63) is 36.0 Å². The minimum atomic E-state index is -0.327. The van der Waals surface area contributed by atoms with Gasteiger partial charge in [0.15, 0.2) is 0 Å². The highest BCUT2D eigenvalue weighted by atomic mass is 35.5. The molecule has 112 valence electrons. The molecule has 2 heterocycles. The molecule has 0 unspecified atom stereocenters. The van der Waals surface area contributed by atoms with E-state index in [4.69, 9.17) is 0 Å². The van der Waals surface area contributed by atoms with Gasteiger partial charge in [-0.25, -0.2) is 4.39 Å². The Morgan fingerprint density at radius 2 is 1.90 bits per heavy atom. The largest absolute Gasteiger partial charge is 0.361 e. The van der Waals surface area contributed by atoms with Crippen molar-refractivity contribution in [3.8, 4) is 0 Å². The van der Waals surface area contributed by atoms with Gasteiger partial charge in [-0.15, -0.1) is 24.8 Å². The molecule has 2 aromatic rings. The van der Waals surface area contributed by atoms with E-state index in [0.717, 1.165) is 37.3 Å². The smallest absolute Gasteiger partial charge is 0.109 e. The number of hydrogen-bond donors (Lipinski definition) is 2. The molecule has 3 rings (SSSR count). The summed E-state index contributed by atoms with van der Waals surface area (Å²) in [7, 11) is 0. The maximum Gasteiger partial charge on any atom is 0.109 e. The molecular weight excluding hydrogens is 300 g/mol. The second kappa shape index (κ2) is 7.84. The maximum atomic E-state index is 13.4. The predicted octanol–water partition coefficient (Wildman–Crippen LogP) is 2.93. The molecule has 0 amide bonds. The summed E-state index contributed by atoms with van der Waals surface area (Å²) >= 11 is 0. The first-order chi connectivity index (χ1) is 8.88. The van der Waals surface area contributed by atoms with Crippen molar-refractivity contribution in [3.63, 3.8) is 0 Å². The fourth-order valence-electron chi connectivity index (χ4n) is 2.66. The molecule has 1 saturated heterocycles. The maximum absolute atomic E-state index is 13.4. The molecule has 0 aliphatic carbocycles. The number of fused-ring (bicyclic) bond motifs is 1. The number of hydrogen-bond acceptors (Lipinski definition) is 2. The summed E-state index contributed by atoms with van der Waals surface area (Å²) in [5, 5.41) is 4.48. The van der Waals surface area contributed by atoms with E-state index >= 15 is 0 Å². The van der Waals surface area contributed by atoms with Gasteiger partial charge in [0.2, 0.25) is 0 Å². The molecule has 20 heavy (non-hydrogen) atoms. The molecule has 0 radical (unpaired) electrons.